The normalized spacial score (nSPS) is 15.9. The van der Waals surface area contributed by atoms with E-state index in [1.165, 1.54) is 0 Å². The average molecular weight is 353 g/mol. The van der Waals surface area contributed by atoms with Gasteiger partial charge in [0.1, 0.15) is 17.1 Å². The van der Waals surface area contributed by atoms with Crippen molar-refractivity contribution in [2.45, 2.75) is 5.03 Å². The fourth-order valence-electron chi connectivity index (χ4n) is 1.85. The van der Waals surface area contributed by atoms with Gasteiger partial charge in [-0.2, -0.15) is 0 Å². The molecule has 2 heterocycles. The van der Waals surface area contributed by atoms with Crippen LogP contribution in [0.25, 0.3) is 10.9 Å². The highest BCUT2D eigenvalue weighted by molar-refractivity contribution is 9.10. The van der Waals surface area contributed by atoms with Gasteiger partial charge in [0.2, 0.25) is 0 Å². The Morgan fingerprint density at radius 1 is 1.35 bits per heavy atom. The molecule has 1 aliphatic heterocycles. The standard InChI is InChI=1S/C13H13BrN4OS/c1-18-5-4-11(8-15-18)17-20(19)13-6-9-2-3-10(14)7-12(9)16-13/h2-8,15-17H,1H3. The van der Waals surface area contributed by atoms with Crippen molar-refractivity contribution in [1.82, 2.24) is 20.1 Å². The lowest BCUT2D eigenvalue weighted by Crippen LogP contribution is -2.31. The number of hydrazine groups is 1. The lowest BCUT2D eigenvalue weighted by molar-refractivity contribution is 0.379. The number of H-pyrrole nitrogens is 1. The number of hydrogen-bond acceptors (Lipinski definition) is 4. The van der Waals surface area contributed by atoms with Gasteiger partial charge in [-0.3, -0.25) is 5.01 Å². The van der Waals surface area contributed by atoms with Gasteiger partial charge in [0.05, 0.1) is 5.52 Å². The maximum absolute atomic E-state index is 12.3. The van der Waals surface area contributed by atoms with Crippen LogP contribution >= 0.6 is 15.9 Å². The number of fused-ring (bicyclic) bond motifs is 1. The Hall–Kier alpha value is -1.57. The summed E-state index contributed by atoms with van der Waals surface area (Å²) < 4.78 is 16.2. The third-order valence-electron chi connectivity index (χ3n) is 2.87. The number of rotatable bonds is 3. The molecule has 1 unspecified atom stereocenters. The first kappa shape index (κ1) is 13.4. The zero-order chi connectivity index (χ0) is 14.1. The first-order valence-electron chi connectivity index (χ1n) is 5.96. The molecule has 0 bridgehead atoms. The molecule has 20 heavy (non-hydrogen) atoms. The number of aromatic amines is 1. The second-order valence-corrected chi connectivity index (χ2v) is 6.49. The largest absolute Gasteiger partial charge is 0.587 e. The molecule has 0 amide bonds. The minimum Gasteiger partial charge on any atom is -0.587 e. The number of allylic oxidation sites excluding steroid dienone is 1. The summed E-state index contributed by atoms with van der Waals surface area (Å²) in [5.74, 6) is 0. The zero-order valence-electron chi connectivity index (χ0n) is 10.7. The molecule has 1 aliphatic rings. The van der Waals surface area contributed by atoms with E-state index in [1.807, 2.05) is 43.6 Å². The third kappa shape index (κ3) is 2.79. The second-order valence-electron chi connectivity index (χ2n) is 4.39. The molecule has 1 aromatic carbocycles. The number of hydrogen-bond donors (Lipinski definition) is 3. The molecule has 1 atom stereocenters. The molecule has 5 nitrogen and oxygen atoms in total. The van der Waals surface area contributed by atoms with Crippen LogP contribution in [0.5, 0.6) is 0 Å². The van der Waals surface area contributed by atoms with E-state index in [1.54, 1.807) is 11.2 Å². The van der Waals surface area contributed by atoms with E-state index < -0.39 is 11.4 Å². The molecule has 2 aromatic rings. The molecule has 0 saturated carbocycles. The van der Waals surface area contributed by atoms with E-state index >= 15 is 0 Å². The van der Waals surface area contributed by atoms with Crippen molar-refractivity contribution in [3.8, 4) is 0 Å². The van der Waals surface area contributed by atoms with E-state index in [-0.39, 0.29) is 0 Å². The molecule has 0 aliphatic carbocycles. The summed E-state index contributed by atoms with van der Waals surface area (Å²) in [4.78, 5) is 3.16. The summed E-state index contributed by atoms with van der Waals surface area (Å²) in [6, 6.07) is 7.79. The maximum atomic E-state index is 12.3. The van der Waals surface area contributed by atoms with Gasteiger partial charge in [0.15, 0.2) is 0 Å². The van der Waals surface area contributed by atoms with Crippen molar-refractivity contribution < 1.29 is 4.55 Å². The smallest absolute Gasteiger partial charge is 0.250 e. The molecule has 0 fully saturated rings. The van der Waals surface area contributed by atoms with Crippen LogP contribution in [0.2, 0.25) is 0 Å². The van der Waals surface area contributed by atoms with E-state index in [0.29, 0.717) is 5.03 Å². The highest BCUT2D eigenvalue weighted by atomic mass is 79.9. The summed E-state index contributed by atoms with van der Waals surface area (Å²) in [6.45, 7) is 0. The molecule has 104 valence electrons. The number of benzene rings is 1. The van der Waals surface area contributed by atoms with Gasteiger partial charge in [-0.25, -0.2) is 4.72 Å². The first-order chi connectivity index (χ1) is 9.61. The van der Waals surface area contributed by atoms with Crippen molar-refractivity contribution in [3.05, 3.63) is 52.9 Å². The van der Waals surface area contributed by atoms with Gasteiger partial charge in [0.25, 0.3) is 5.03 Å². The lowest BCUT2D eigenvalue weighted by Gasteiger charge is -2.19. The summed E-state index contributed by atoms with van der Waals surface area (Å²) in [7, 11) is 1.89. The van der Waals surface area contributed by atoms with E-state index in [9.17, 15) is 4.55 Å². The SMILES string of the molecule is CN1C=CC(N[S+]([O-])c2cc3ccc(Br)cc3[nH]2)=CN1. The summed E-state index contributed by atoms with van der Waals surface area (Å²) in [5, 5.41) is 3.48. The van der Waals surface area contributed by atoms with Crippen molar-refractivity contribution >= 4 is 38.2 Å². The Morgan fingerprint density at radius 3 is 2.95 bits per heavy atom. The van der Waals surface area contributed by atoms with Crippen molar-refractivity contribution in [2.24, 2.45) is 0 Å². The Labute approximate surface area is 128 Å². The summed E-state index contributed by atoms with van der Waals surface area (Å²) >= 11 is 2.09. The molecular formula is C13H13BrN4OS. The molecule has 0 saturated heterocycles. The van der Waals surface area contributed by atoms with Crippen LogP contribution < -0.4 is 10.1 Å². The molecule has 0 radical (unpaired) electrons. The predicted molar refractivity (Wildman–Crippen MR) is 83.7 cm³/mol. The zero-order valence-corrected chi connectivity index (χ0v) is 13.1. The molecule has 1 aromatic heterocycles. The van der Waals surface area contributed by atoms with Gasteiger partial charge in [-0.1, -0.05) is 22.0 Å². The van der Waals surface area contributed by atoms with Crippen molar-refractivity contribution in [2.75, 3.05) is 7.05 Å². The van der Waals surface area contributed by atoms with Crippen LogP contribution in [0.1, 0.15) is 0 Å². The third-order valence-corrected chi connectivity index (χ3v) is 4.41. The predicted octanol–water partition coefficient (Wildman–Crippen LogP) is 2.35. The van der Waals surface area contributed by atoms with Crippen LogP contribution in [-0.4, -0.2) is 21.6 Å². The van der Waals surface area contributed by atoms with Gasteiger partial charge < -0.3 is 15.0 Å². The minimum atomic E-state index is -1.33. The minimum absolute atomic E-state index is 0.645. The highest BCUT2D eigenvalue weighted by Gasteiger charge is 2.16. The molecule has 3 N–H and O–H groups in total. The monoisotopic (exact) mass is 352 g/mol. The lowest BCUT2D eigenvalue weighted by atomic mass is 10.3. The fraction of sp³-hybridized carbons (Fsp3) is 0.0769. The Bertz CT molecular complexity index is 697. The summed E-state index contributed by atoms with van der Waals surface area (Å²) in [6.07, 6.45) is 5.46. The number of halogens is 1. The topological polar surface area (TPSA) is 66.1 Å². The Morgan fingerprint density at radius 2 is 2.20 bits per heavy atom. The summed E-state index contributed by atoms with van der Waals surface area (Å²) in [5.41, 5.74) is 4.71. The Balaban J connectivity index is 1.78. The van der Waals surface area contributed by atoms with Crippen molar-refractivity contribution in [3.63, 3.8) is 0 Å². The molecule has 7 heteroatoms. The first-order valence-corrected chi connectivity index (χ1v) is 7.90. The number of nitrogens with one attached hydrogen (secondary N) is 3. The molecule has 0 spiro atoms. The van der Waals surface area contributed by atoms with E-state index in [4.69, 9.17) is 0 Å². The van der Waals surface area contributed by atoms with Gasteiger partial charge in [0, 0.05) is 35.4 Å². The van der Waals surface area contributed by atoms with Crippen LogP contribution in [0.4, 0.5) is 0 Å². The van der Waals surface area contributed by atoms with Crippen LogP contribution in [0.15, 0.2) is 57.9 Å². The fourth-order valence-corrected chi connectivity index (χ4v) is 3.10. The van der Waals surface area contributed by atoms with Crippen LogP contribution in [0.3, 0.4) is 0 Å². The van der Waals surface area contributed by atoms with Crippen molar-refractivity contribution in [1.29, 1.82) is 0 Å². The quantitative estimate of drug-likeness (QED) is 0.741. The maximum Gasteiger partial charge on any atom is 0.250 e. The second kappa shape index (κ2) is 5.43. The van der Waals surface area contributed by atoms with Gasteiger partial charge in [-0.05, 0) is 18.2 Å². The van der Waals surface area contributed by atoms with Crippen LogP contribution in [-0.2, 0) is 11.4 Å². The number of nitrogens with zero attached hydrogens (tertiary/aromatic N) is 1. The van der Waals surface area contributed by atoms with Crippen LogP contribution in [0, 0.1) is 0 Å². The highest BCUT2D eigenvalue weighted by Crippen LogP contribution is 2.22. The van der Waals surface area contributed by atoms with E-state index in [0.717, 1.165) is 21.1 Å². The Kier molecular flexibility index (Phi) is 3.64. The van der Waals surface area contributed by atoms with Gasteiger partial charge >= 0.3 is 0 Å². The molecular weight excluding hydrogens is 340 g/mol. The van der Waals surface area contributed by atoms with E-state index in [2.05, 4.69) is 31.1 Å². The number of aromatic nitrogens is 1. The average Bonchev–Trinajstić information content (AvgIpc) is 2.84. The molecule has 3 rings (SSSR count). The van der Waals surface area contributed by atoms with Gasteiger partial charge in [-0.15, -0.1) is 0 Å².